The van der Waals surface area contributed by atoms with E-state index in [1.807, 2.05) is 48.5 Å². The highest BCUT2D eigenvalue weighted by molar-refractivity contribution is 7.86. The van der Waals surface area contributed by atoms with E-state index in [0.717, 1.165) is 21.5 Å². The number of hydrogen-bond donors (Lipinski definition) is 4. The Balaban J connectivity index is 1.33. The summed E-state index contributed by atoms with van der Waals surface area (Å²) >= 11 is 0. The van der Waals surface area contributed by atoms with Crippen molar-refractivity contribution in [1.82, 2.24) is 0 Å². The Bertz CT molecular complexity index is 2270. The van der Waals surface area contributed by atoms with E-state index in [2.05, 4.69) is 0 Å². The summed E-state index contributed by atoms with van der Waals surface area (Å²) in [5, 5.41) is 3.33. The molecule has 0 aromatic heterocycles. The van der Waals surface area contributed by atoms with Gasteiger partial charge < -0.3 is 20.9 Å². The van der Waals surface area contributed by atoms with Gasteiger partial charge in [-0.3, -0.25) is 9.11 Å². The number of nitrogen functional groups attached to an aromatic ring is 2. The lowest BCUT2D eigenvalue weighted by Crippen LogP contribution is -2.04. The van der Waals surface area contributed by atoms with Gasteiger partial charge in [0.1, 0.15) is 21.3 Å². The molecule has 6 aromatic rings. The summed E-state index contributed by atoms with van der Waals surface area (Å²) in [6.45, 7) is 0. The first kappa shape index (κ1) is 28.6. The van der Waals surface area contributed by atoms with Gasteiger partial charge in [0, 0.05) is 0 Å². The van der Waals surface area contributed by atoms with Gasteiger partial charge in [-0.25, -0.2) is 0 Å². The fourth-order valence-electron chi connectivity index (χ4n) is 5.65. The molecule has 0 atom stereocenters. The average molecular weight is 641 g/mol. The van der Waals surface area contributed by atoms with Crippen LogP contribution in [0.1, 0.15) is 11.1 Å². The van der Waals surface area contributed by atoms with Crippen LogP contribution in [0.25, 0.3) is 32.7 Å². The molecule has 0 saturated carbocycles. The van der Waals surface area contributed by atoms with Crippen LogP contribution >= 0.6 is 0 Å². The first-order chi connectivity index (χ1) is 21.3. The van der Waals surface area contributed by atoms with Crippen molar-refractivity contribution in [2.75, 3.05) is 11.5 Å². The Morgan fingerprint density at radius 2 is 0.867 bits per heavy atom. The van der Waals surface area contributed by atoms with Crippen molar-refractivity contribution in [3.05, 3.63) is 108 Å². The van der Waals surface area contributed by atoms with Crippen LogP contribution in [0.2, 0.25) is 0 Å². The highest BCUT2D eigenvalue weighted by Gasteiger charge is 2.30. The minimum absolute atomic E-state index is 0.165. The monoisotopic (exact) mass is 640 g/mol. The summed E-state index contributed by atoms with van der Waals surface area (Å²) < 4.78 is 82.4. The molecular formula is C33H24N2O8S2. The van der Waals surface area contributed by atoms with Gasteiger partial charge in [0.05, 0.1) is 11.4 Å². The van der Waals surface area contributed by atoms with Crippen molar-refractivity contribution in [3.8, 4) is 34.1 Å². The van der Waals surface area contributed by atoms with Crippen LogP contribution in [0.15, 0.2) is 107 Å². The van der Waals surface area contributed by atoms with Crippen LogP contribution in [-0.4, -0.2) is 25.9 Å². The average Bonchev–Trinajstić information content (AvgIpc) is 3.32. The zero-order valence-electron chi connectivity index (χ0n) is 23.3. The number of hydrogen-bond acceptors (Lipinski definition) is 8. The van der Waals surface area contributed by atoms with Gasteiger partial charge in [0.25, 0.3) is 20.2 Å². The highest BCUT2D eigenvalue weighted by Crippen LogP contribution is 2.47. The number of anilines is 2. The minimum Gasteiger partial charge on any atom is -0.454 e. The van der Waals surface area contributed by atoms with E-state index in [-0.39, 0.29) is 40.8 Å². The topological polar surface area (TPSA) is 179 Å². The van der Waals surface area contributed by atoms with Crippen LogP contribution in [0.3, 0.4) is 0 Å². The van der Waals surface area contributed by atoms with Crippen molar-refractivity contribution in [3.63, 3.8) is 0 Å². The predicted octanol–water partition coefficient (Wildman–Crippen LogP) is 6.81. The van der Waals surface area contributed by atoms with E-state index < -0.39 is 30.0 Å². The molecule has 45 heavy (non-hydrogen) atoms. The summed E-state index contributed by atoms with van der Waals surface area (Å²) in [6.07, 6.45) is 0.231. The first-order valence-electron chi connectivity index (χ1n) is 13.6. The second-order valence-electron chi connectivity index (χ2n) is 10.7. The number of fused-ring (bicyclic) bond motifs is 5. The molecule has 0 heterocycles. The number of nitrogens with two attached hydrogens (primary N) is 2. The van der Waals surface area contributed by atoms with E-state index >= 15 is 0 Å². The lowest BCUT2D eigenvalue weighted by molar-refractivity contribution is 0.449. The van der Waals surface area contributed by atoms with Gasteiger partial charge in [-0.15, -0.1) is 0 Å². The molecule has 1 aliphatic carbocycles. The Hall–Kier alpha value is -5.14. The summed E-state index contributed by atoms with van der Waals surface area (Å²) in [6, 6.07) is 26.9. The molecule has 6 aromatic carbocycles. The molecule has 0 amide bonds. The molecule has 12 heteroatoms. The first-order valence-corrected chi connectivity index (χ1v) is 16.4. The van der Waals surface area contributed by atoms with Gasteiger partial charge in [0.2, 0.25) is 0 Å². The van der Waals surface area contributed by atoms with E-state index in [0.29, 0.717) is 22.3 Å². The lowest BCUT2D eigenvalue weighted by atomic mass is 10.1. The van der Waals surface area contributed by atoms with E-state index in [1.165, 1.54) is 24.3 Å². The van der Waals surface area contributed by atoms with Crippen molar-refractivity contribution in [1.29, 1.82) is 0 Å². The molecule has 0 bridgehead atoms. The second kappa shape index (κ2) is 10.2. The van der Waals surface area contributed by atoms with Crippen molar-refractivity contribution < 1.29 is 35.4 Å². The summed E-state index contributed by atoms with van der Waals surface area (Å²) in [5.41, 5.74) is 14.8. The number of ether oxygens (including phenoxy) is 2. The van der Waals surface area contributed by atoms with Gasteiger partial charge in [-0.2, -0.15) is 16.8 Å². The molecule has 0 saturated heterocycles. The molecule has 7 rings (SSSR count). The Morgan fingerprint density at radius 3 is 1.22 bits per heavy atom. The van der Waals surface area contributed by atoms with Crippen LogP contribution in [-0.2, 0) is 26.7 Å². The van der Waals surface area contributed by atoms with E-state index in [4.69, 9.17) is 20.9 Å². The predicted molar refractivity (Wildman–Crippen MR) is 171 cm³/mol. The van der Waals surface area contributed by atoms with Crippen LogP contribution in [0, 0.1) is 0 Å². The fourth-order valence-corrected chi connectivity index (χ4v) is 6.90. The third kappa shape index (κ3) is 5.19. The largest absolute Gasteiger partial charge is 0.454 e. The molecule has 0 aliphatic heterocycles. The van der Waals surface area contributed by atoms with Crippen molar-refractivity contribution in [2.24, 2.45) is 0 Å². The Morgan fingerprint density at radius 1 is 0.511 bits per heavy atom. The number of benzene rings is 6. The molecule has 0 unspecified atom stereocenters. The van der Waals surface area contributed by atoms with E-state index in [9.17, 15) is 25.9 Å². The molecular weight excluding hydrogens is 617 g/mol. The van der Waals surface area contributed by atoms with Crippen LogP contribution in [0.4, 0.5) is 11.4 Å². The van der Waals surface area contributed by atoms with Crippen LogP contribution in [0.5, 0.6) is 23.0 Å². The fraction of sp³-hybridized carbons (Fsp3) is 0.0303. The molecule has 0 spiro atoms. The molecule has 10 nitrogen and oxygen atoms in total. The SMILES string of the molecule is Nc1cc2ccccc2cc1Oc1cc2c(cc1S(=O)(=O)O)-c1cc(S(=O)(=O)O)c(Oc3cc4ccccc4cc3N)cc1C2. The van der Waals surface area contributed by atoms with Crippen LogP contribution < -0.4 is 20.9 Å². The van der Waals surface area contributed by atoms with Crippen molar-refractivity contribution >= 4 is 53.2 Å². The number of rotatable bonds is 6. The van der Waals surface area contributed by atoms with E-state index in [1.54, 1.807) is 24.3 Å². The maximum absolute atomic E-state index is 12.5. The lowest BCUT2D eigenvalue weighted by Gasteiger charge is -2.15. The third-order valence-corrected chi connectivity index (χ3v) is 9.51. The molecule has 1 aliphatic rings. The molecule has 0 radical (unpaired) electrons. The zero-order chi connectivity index (χ0) is 31.7. The smallest absolute Gasteiger partial charge is 0.298 e. The minimum atomic E-state index is -4.82. The standard InChI is InChI=1S/C33H24N2O8S2/c34-26-10-18-5-1-3-7-20(18)12-28(26)42-30-14-22-9-23-15-31(43-29-13-21-8-4-2-6-19(21)11-27(29)35)33(45(39,40)41)17-25(23)24(22)16-32(30)44(36,37)38/h1-8,10-17H,9,34-35H2,(H,36,37,38)(H,39,40,41). The summed E-state index contributed by atoms with van der Waals surface area (Å²) in [4.78, 5) is -1.08. The Labute approximate surface area is 257 Å². The van der Waals surface area contributed by atoms with Gasteiger partial charge in [-0.1, -0.05) is 48.5 Å². The van der Waals surface area contributed by atoms with Gasteiger partial charge >= 0.3 is 0 Å². The molecule has 226 valence electrons. The normalized spacial score (nSPS) is 12.7. The van der Waals surface area contributed by atoms with Gasteiger partial charge in [0.15, 0.2) is 11.5 Å². The highest BCUT2D eigenvalue weighted by atomic mass is 32.2. The zero-order valence-corrected chi connectivity index (χ0v) is 24.9. The Kier molecular flexibility index (Phi) is 6.49. The molecule has 6 N–H and O–H groups in total. The maximum Gasteiger partial charge on any atom is 0.298 e. The maximum atomic E-state index is 12.5. The van der Waals surface area contributed by atoms with Crippen molar-refractivity contribution in [2.45, 2.75) is 16.2 Å². The summed E-state index contributed by atoms with van der Waals surface area (Å²) in [7, 11) is -9.63. The second-order valence-corrected chi connectivity index (χ2v) is 13.5. The van der Waals surface area contributed by atoms with Gasteiger partial charge in [-0.05, 0) is 98.8 Å². The third-order valence-electron chi connectivity index (χ3n) is 7.76. The molecule has 0 fully saturated rings. The summed E-state index contributed by atoms with van der Waals surface area (Å²) in [5.74, 6) is 0.0423. The quantitative estimate of drug-likeness (QED) is 0.111.